The Hall–Kier alpha value is -0.550. The highest BCUT2D eigenvalue weighted by Gasteiger charge is 2.20. The van der Waals surface area contributed by atoms with E-state index in [2.05, 4.69) is 37.2 Å². The van der Waals surface area contributed by atoms with E-state index in [1.165, 1.54) is 19.3 Å². The summed E-state index contributed by atoms with van der Waals surface area (Å²) in [6.45, 7) is 0.755. The Morgan fingerprint density at radius 3 is 2.90 bits per heavy atom. The number of halogens is 2. The van der Waals surface area contributed by atoms with Gasteiger partial charge in [0.25, 0.3) is 5.91 Å². The summed E-state index contributed by atoms with van der Waals surface area (Å²) in [6, 6.07) is 5.38. The molecule has 0 aliphatic heterocycles. The van der Waals surface area contributed by atoms with Gasteiger partial charge in [0.2, 0.25) is 0 Å². The van der Waals surface area contributed by atoms with E-state index < -0.39 is 0 Å². The minimum Gasteiger partial charge on any atom is -0.496 e. The van der Waals surface area contributed by atoms with Crippen molar-refractivity contribution < 1.29 is 9.53 Å². The number of rotatable bonds is 4. The maximum Gasteiger partial charge on any atom is 0.251 e. The van der Waals surface area contributed by atoms with Crippen LogP contribution in [0.15, 0.2) is 22.7 Å². The molecule has 5 heteroatoms. The average Bonchev–Trinajstić information content (AvgIpc) is 2.44. The van der Waals surface area contributed by atoms with Gasteiger partial charge in [-0.1, -0.05) is 22.4 Å². The van der Waals surface area contributed by atoms with E-state index in [9.17, 15) is 4.79 Å². The largest absolute Gasteiger partial charge is 0.496 e. The highest BCUT2D eigenvalue weighted by molar-refractivity contribution is 9.10. The predicted molar refractivity (Wildman–Crippen MR) is 87.7 cm³/mol. The lowest BCUT2D eigenvalue weighted by Gasteiger charge is -2.25. The van der Waals surface area contributed by atoms with E-state index in [4.69, 9.17) is 4.74 Å². The molecule has 2 unspecified atom stereocenters. The van der Waals surface area contributed by atoms with Gasteiger partial charge in [0.1, 0.15) is 5.75 Å². The summed E-state index contributed by atoms with van der Waals surface area (Å²) in [4.78, 5) is 12.7. The van der Waals surface area contributed by atoms with Crippen LogP contribution in [0.5, 0.6) is 5.75 Å². The number of alkyl halides is 1. The Labute approximate surface area is 136 Å². The first kappa shape index (κ1) is 15.8. The van der Waals surface area contributed by atoms with Crippen molar-refractivity contribution in [3.05, 3.63) is 28.2 Å². The summed E-state index contributed by atoms with van der Waals surface area (Å²) < 4.78 is 5.96. The van der Waals surface area contributed by atoms with Crippen molar-refractivity contribution in [1.29, 1.82) is 0 Å². The molecule has 1 aromatic rings. The predicted octanol–water partition coefficient (Wildman–Crippen LogP) is 4.14. The number of benzene rings is 1. The van der Waals surface area contributed by atoms with Crippen LogP contribution < -0.4 is 10.1 Å². The number of carbonyl (C=O) groups excluding carboxylic acids is 1. The average molecular weight is 405 g/mol. The normalized spacial score (nSPS) is 22.4. The highest BCUT2D eigenvalue weighted by atomic mass is 79.9. The molecule has 0 bridgehead atoms. The maximum atomic E-state index is 12.1. The molecule has 1 amide bonds. The first-order valence-corrected chi connectivity index (χ1v) is 8.57. The Morgan fingerprint density at radius 2 is 2.25 bits per heavy atom. The molecule has 0 spiro atoms. The SMILES string of the molecule is COc1ccc(C(=O)NCC2CCCC(Br)C2)cc1Br. The molecule has 20 heavy (non-hydrogen) atoms. The van der Waals surface area contributed by atoms with Crippen molar-refractivity contribution >= 4 is 37.8 Å². The van der Waals surface area contributed by atoms with Crippen LogP contribution in [0.2, 0.25) is 0 Å². The van der Waals surface area contributed by atoms with Crippen molar-refractivity contribution in [1.82, 2.24) is 5.32 Å². The monoisotopic (exact) mass is 403 g/mol. The van der Waals surface area contributed by atoms with Crippen LogP contribution in [0.3, 0.4) is 0 Å². The van der Waals surface area contributed by atoms with Gasteiger partial charge >= 0.3 is 0 Å². The second-order valence-corrected chi connectivity index (χ2v) is 7.34. The van der Waals surface area contributed by atoms with E-state index in [0.29, 0.717) is 16.3 Å². The molecule has 110 valence electrons. The van der Waals surface area contributed by atoms with Crippen molar-refractivity contribution in [3.63, 3.8) is 0 Å². The van der Waals surface area contributed by atoms with E-state index in [1.807, 2.05) is 0 Å². The second-order valence-electron chi connectivity index (χ2n) is 5.19. The summed E-state index contributed by atoms with van der Waals surface area (Å²) >= 11 is 7.07. The molecule has 1 aromatic carbocycles. The molecular weight excluding hydrogens is 386 g/mol. The van der Waals surface area contributed by atoms with Crippen molar-refractivity contribution in [2.75, 3.05) is 13.7 Å². The number of ether oxygens (including phenoxy) is 1. The van der Waals surface area contributed by atoms with Crippen molar-refractivity contribution in [3.8, 4) is 5.75 Å². The number of hydrogen-bond acceptors (Lipinski definition) is 2. The van der Waals surface area contributed by atoms with Gasteiger partial charge in [-0.15, -0.1) is 0 Å². The molecule has 1 N–H and O–H groups in total. The Balaban J connectivity index is 1.90. The first-order chi connectivity index (χ1) is 9.60. The summed E-state index contributed by atoms with van der Waals surface area (Å²) in [6.07, 6.45) is 4.84. The van der Waals surface area contributed by atoms with Crippen LogP contribution in [0.25, 0.3) is 0 Å². The zero-order valence-electron chi connectivity index (χ0n) is 11.5. The number of nitrogens with one attached hydrogen (secondary N) is 1. The van der Waals surface area contributed by atoms with Crippen LogP contribution in [0.1, 0.15) is 36.0 Å². The van der Waals surface area contributed by atoms with Crippen LogP contribution in [-0.4, -0.2) is 24.4 Å². The van der Waals surface area contributed by atoms with Gasteiger partial charge in [0.05, 0.1) is 11.6 Å². The molecule has 2 rings (SSSR count). The zero-order valence-corrected chi connectivity index (χ0v) is 14.7. The molecule has 1 aliphatic carbocycles. The van der Waals surface area contributed by atoms with Gasteiger partial charge in [-0.05, 0) is 59.3 Å². The second kappa shape index (κ2) is 7.46. The summed E-state index contributed by atoms with van der Waals surface area (Å²) in [5.41, 5.74) is 0.656. The highest BCUT2D eigenvalue weighted by Crippen LogP contribution is 2.29. The van der Waals surface area contributed by atoms with Gasteiger partial charge in [0, 0.05) is 16.9 Å². The van der Waals surface area contributed by atoms with Gasteiger partial charge in [-0.25, -0.2) is 0 Å². The van der Waals surface area contributed by atoms with Crippen molar-refractivity contribution in [2.24, 2.45) is 5.92 Å². The Morgan fingerprint density at radius 1 is 1.45 bits per heavy atom. The first-order valence-electron chi connectivity index (χ1n) is 6.86. The lowest BCUT2D eigenvalue weighted by molar-refractivity contribution is 0.0944. The lowest BCUT2D eigenvalue weighted by atomic mass is 9.89. The third-order valence-corrected chi connectivity index (χ3v) is 5.14. The number of hydrogen-bond donors (Lipinski definition) is 1. The molecule has 1 saturated carbocycles. The van der Waals surface area contributed by atoms with E-state index in [1.54, 1.807) is 25.3 Å². The van der Waals surface area contributed by atoms with Crippen LogP contribution in [-0.2, 0) is 0 Å². The van der Waals surface area contributed by atoms with Gasteiger partial charge < -0.3 is 10.1 Å². The number of methoxy groups -OCH3 is 1. The van der Waals surface area contributed by atoms with Crippen LogP contribution in [0.4, 0.5) is 0 Å². The van der Waals surface area contributed by atoms with Gasteiger partial charge in [-0.3, -0.25) is 4.79 Å². The third kappa shape index (κ3) is 4.22. The van der Waals surface area contributed by atoms with E-state index in [-0.39, 0.29) is 5.91 Å². The lowest BCUT2D eigenvalue weighted by Crippen LogP contribution is -2.31. The maximum absolute atomic E-state index is 12.1. The molecule has 0 radical (unpaired) electrons. The molecule has 1 fully saturated rings. The number of carbonyl (C=O) groups is 1. The summed E-state index contributed by atoms with van der Waals surface area (Å²) in [5.74, 6) is 1.29. The fraction of sp³-hybridized carbons (Fsp3) is 0.533. The Kier molecular flexibility index (Phi) is 5.90. The topological polar surface area (TPSA) is 38.3 Å². The minimum absolute atomic E-state index is 0.0231. The fourth-order valence-electron chi connectivity index (χ4n) is 2.56. The molecule has 2 atom stereocenters. The van der Waals surface area contributed by atoms with Crippen LogP contribution in [0, 0.1) is 5.92 Å². The quantitative estimate of drug-likeness (QED) is 0.765. The molecule has 3 nitrogen and oxygen atoms in total. The molecule has 0 aromatic heterocycles. The Bertz CT molecular complexity index is 479. The molecule has 0 saturated heterocycles. The smallest absolute Gasteiger partial charge is 0.251 e. The van der Waals surface area contributed by atoms with E-state index in [0.717, 1.165) is 23.2 Å². The molecule has 0 heterocycles. The van der Waals surface area contributed by atoms with Gasteiger partial charge in [0.15, 0.2) is 0 Å². The van der Waals surface area contributed by atoms with E-state index >= 15 is 0 Å². The minimum atomic E-state index is -0.0231. The fourth-order valence-corrected chi connectivity index (χ4v) is 3.95. The van der Waals surface area contributed by atoms with Gasteiger partial charge in [-0.2, -0.15) is 0 Å². The third-order valence-electron chi connectivity index (χ3n) is 3.68. The number of amides is 1. The molecule has 1 aliphatic rings. The summed E-state index contributed by atoms with van der Waals surface area (Å²) in [5, 5.41) is 3.03. The molecular formula is C15H19Br2NO2. The van der Waals surface area contributed by atoms with Crippen molar-refractivity contribution in [2.45, 2.75) is 30.5 Å². The van der Waals surface area contributed by atoms with Crippen LogP contribution >= 0.6 is 31.9 Å². The summed E-state index contributed by atoms with van der Waals surface area (Å²) in [7, 11) is 1.61. The zero-order chi connectivity index (χ0) is 14.5. The standard InChI is InChI=1S/C15H19Br2NO2/c1-20-14-6-5-11(8-13(14)17)15(19)18-9-10-3-2-4-12(16)7-10/h5-6,8,10,12H,2-4,7,9H2,1H3,(H,18,19).